The van der Waals surface area contributed by atoms with Gasteiger partial charge in [-0.1, -0.05) is 30.3 Å². The van der Waals surface area contributed by atoms with Gasteiger partial charge in [-0.15, -0.1) is 0 Å². The molecule has 0 spiro atoms. The van der Waals surface area contributed by atoms with Crippen LogP contribution in [0.2, 0.25) is 0 Å². The Kier molecular flexibility index (Phi) is 5.44. The van der Waals surface area contributed by atoms with E-state index in [1.165, 1.54) is 5.56 Å². The first-order valence-corrected chi connectivity index (χ1v) is 9.15. The Balaban J connectivity index is 1.55. The fourth-order valence-corrected chi connectivity index (χ4v) is 3.64. The first kappa shape index (κ1) is 18.6. The van der Waals surface area contributed by atoms with Crippen molar-refractivity contribution in [1.29, 1.82) is 0 Å². The largest absolute Gasteiger partial charge is 0.310 e. The molecule has 1 fully saturated rings. The highest BCUT2D eigenvalue weighted by molar-refractivity contribution is 5.91. The van der Waals surface area contributed by atoms with E-state index in [0.717, 1.165) is 37.7 Å². The van der Waals surface area contributed by atoms with Crippen LogP contribution in [0.15, 0.2) is 36.4 Å². The van der Waals surface area contributed by atoms with Crippen LogP contribution in [-0.4, -0.2) is 57.2 Å². The number of amides is 1. The zero-order valence-corrected chi connectivity index (χ0v) is 16.2. The molecular weight excluding hydrogens is 326 g/mol. The lowest BCUT2D eigenvalue weighted by molar-refractivity contribution is -0.118. The average Bonchev–Trinajstić information content (AvgIpc) is 2.88. The van der Waals surface area contributed by atoms with Gasteiger partial charge in [-0.3, -0.25) is 19.3 Å². The molecule has 2 heterocycles. The summed E-state index contributed by atoms with van der Waals surface area (Å²) in [4.78, 5) is 17.2. The van der Waals surface area contributed by atoms with E-state index in [2.05, 4.69) is 64.4 Å². The lowest BCUT2D eigenvalue weighted by atomic mass is 9.97. The van der Waals surface area contributed by atoms with E-state index in [0.29, 0.717) is 6.54 Å². The Morgan fingerprint density at radius 3 is 2.58 bits per heavy atom. The van der Waals surface area contributed by atoms with Crippen molar-refractivity contribution < 1.29 is 4.79 Å². The van der Waals surface area contributed by atoms with Crippen LogP contribution in [0.5, 0.6) is 0 Å². The summed E-state index contributed by atoms with van der Waals surface area (Å²) in [6.45, 7) is 10.5. The molecule has 0 radical (unpaired) electrons. The predicted octanol–water partition coefficient (Wildman–Crippen LogP) is 2.26. The Morgan fingerprint density at radius 1 is 1.23 bits per heavy atom. The third-order valence-corrected chi connectivity index (χ3v) is 5.01. The number of nitrogens with zero attached hydrogens (tertiary/aromatic N) is 4. The minimum Gasteiger partial charge on any atom is -0.310 e. The molecule has 1 N–H and O–H groups in total. The normalized spacial score (nSPS) is 18.0. The molecule has 0 bridgehead atoms. The molecule has 140 valence electrons. The molecule has 0 saturated carbocycles. The zero-order valence-electron chi connectivity index (χ0n) is 16.2. The first-order valence-electron chi connectivity index (χ1n) is 9.15. The maximum absolute atomic E-state index is 12.4. The minimum absolute atomic E-state index is 0.0142. The first-order chi connectivity index (χ1) is 12.3. The van der Waals surface area contributed by atoms with Gasteiger partial charge in [0.2, 0.25) is 5.91 Å². The molecule has 1 aliphatic rings. The van der Waals surface area contributed by atoms with Gasteiger partial charge < -0.3 is 5.32 Å². The van der Waals surface area contributed by atoms with Crippen molar-refractivity contribution in [2.24, 2.45) is 7.05 Å². The van der Waals surface area contributed by atoms with Crippen molar-refractivity contribution >= 4 is 11.7 Å². The van der Waals surface area contributed by atoms with Gasteiger partial charge in [-0.2, -0.15) is 5.10 Å². The van der Waals surface area contributed by atoms with Crippen molar-refractivity contribution in [1.82, 2.24) is 19.6 Å². The number of hydrogen-bond donors (Lipinski definition) is 1. The van der Waals surface area contributed by atoms with E-state index in [4.69, 9.17) is 0 Å². The third kappa shape index (κ3) is 4.51. The van der Waals surface area contributed by atoms with Crippen molar-refractivity contribution in [3.8, 4) is 0 Å². The monoisotopic (exact) mass is 355 g/mol. The molecule has 1 saturated heterocycles. The van der Waals surface area contributed by atoms with Crippen molar-refractivity contribution in [3.63, 3.8) is 0 Å². The third-order valence-electron chi connectivity index (χ3n) is 5.01. The molecule has 26 heavy (non-hydrogen) atoms. The lowest BCUT2D eigenvalue weighted by Gasteiger charge is -2.47. The van der Waals surface area contributed by atoms with Gasteiger partial charge in [0.15, 0.2) is 0 Å². The Labute approximate surface area is 155 Å². The summed E-state index contributed by atoms with van der Waals surface area (Å²) in [5.74, 6) is 0.759. The van der Waals surface area contributed by atoms with Gasteiger partial charge in [0, 0.05) is 44.8 Å². The SMILES string of the molecule is Cc1cc(NC(=O)CN2CCN(Cc3ccccc3)C(C)(C)C2)n(C)n1. The molecule has 6 heteroatoms. The summed E-state index contributed by atoms with van der Waals surface area (Å²) in [5, 5.41) is 7.23. The van der Waals surface area contributed by atoms with E-state index in [-0.39, 0.29) is 11.4 Å². The van der Waals surface area contributed by atoms with Gasteiger partial charge >= 0.3 is 0 Å². The van der Waals surface area contributed by atoms with Gasteiger partial charge in [0.05, 0.1) is 12.2 Å². The molecule has 0 atom stereocenters. The number of hydrogen-bond acceptors (Lipinski definition) is 4. The highest BCUT2D eigenvalue weighted by Gasteiger charge is 2.34. The number of carbonyl (C=O) groups is 1. The molecule has 1 aromatic heterocycles. The number of anilines is 1. The number of nitrogens with one attached hydrogen (secondary N) is 1. The maximum atomic E-state index is 12.4. The molecule has 3 rings (SSSR count). The van der Waals surface area contributed by atoms with Gasteiger partial charge in [-0.25, -0.2) is 0 Å². The van der Waals surface area contributed by atoms with Crippen LogP contribution in [0, 0.1) is 6.92 Å². The van der Waals surface area contributed by atoms with E-state index in [1.54, 1.807) is 4.68 Å². The van der Waals surface area contributed by atoms with Gasteiger partial charge in [-0.05, 0) is 26.3 Å². The molecule has 1 aliphatic heterocycles. The summed E-state index contributed by atoms with van der Waals surface area (Å²) in [6, 6.07) is 12.5. The topological polar surface area (TPSA) is 53.4 Å². The Hall–Kier alpha value is -2.18. The quantitative estimate of drug-likeness (QED) is 0.894. The molecule has 1 aromatic carbocycles. The summed E-state index contributed by atoms with van der Waals surface area (Å²) < 4.78 is 1.70. The number of aromatic nitrogens is 2. The van der Waals surface area contributed by atoms with Gasteiger partial charge in [0.1, 0.15) is 5.82 Å². The second-order valence-electron chi connectivity index (χ2n) is 7.77. The Bertz CT molecular complexity index is 753. The van der Waals surface area contributed by atoms with E-state index >= 15 is 0 Å². The zero-order chi connectivity index (χ0) is 18.7. The molecule has 0 aliphatic carbocycles. The van der Waals surface area contributed by atoms with Crippen molar-refractivity contribution in [3.05, 3.63) is 47.7 Å². The maximum Gasteiger partial charge on any atom is 0.239 e. The fraction of sp³-hybridized carbons (Fsp3) is 0.500. The van der Waals surface area contributed by atoms with E-state index in [1.807, 2.05) is 20.0 Å². The summed E-state index contributed by atoms with van der Waals surface area (Å²) in [7, 11) is 1.84. The van der Waals surface area contributed by atoms with Crippen LogP contribution in [0.25, 0.3) is 0 Å². The molecule has 0 unspecified atom stereocenters. The minimum atomic E-state index is 0.0142. The van der Waals surface area contributed by atoms with Gasteiger partial charge in [0.25, 0.3) is 0 Å². The summed E-state index contributed by atoms with van der Waals surface area (Å²) in [5.41, 5.74) is 2.26. The lowest BCUT2D eigenvalue weighted by Crippen LogP contribution is -2.59. The standard InChI is InChI=1S/C20H29N5O/c1-16-12-18(23(4)22-16)21-19(26)14-24-10-11-25(20(2,3)15-24)13-17-8-6-5-7-9-17/h5-9,12H,10-11,13-15H2,1-4H3,(H,21,26). The fourth-order valence-electron chi connectivity index (χ4n) is 3.64. The second-order valence-corrected chi connectivity index (χ2v) is 7.77. The molecule has 2 aromatic rings. The van der Waals surface area contributed by atoms with Crippen LogP contribution in [0.1, 0.15) is 25.1 Å². The second kappa shape index (κ2) is 7.60. The van der Waals surface area contributed by atoms with Crippen LogP contribution in [0.4, 0.5) is 5.82 Å². The van der Waals surface area contributed by atoms with Crippen LogP contribution in [-0.2, 0) is 18.4 Å². The number of carbonyl (C=O) groups excluding carboxylic acids is 1. The highest BCUT2D eigenvalue weighted by Crippen LogP contribution is 2.23. The van der Waals surface area contributed by atoms with Crippen molar-refractivity contribution in [2.45, 2.75) is 32.9 Å². The van der Waals surface area contributed by atoms with E-state index in [9.17, 15) is 4.79 Å². The highest BCUT2D eigenvalue weighted by atomic mass is 16.2. The molecule has 6 nitrogen and oxygen atoms in total. The average molecular weight is 355 g/mol. The molecular formula is C20H29N5O. The summed E-state index contributed by atoms with van der Waals surface area (Å²) in [6.07, 6.45) is 0. The number of rotatable bonds is 5. The van der Waals surface area contributed by atoms with E-state index < -0.39 is 0 Å². The van der Waals surface area contributed by atoms with Crippen molar-refractivity contribution in [2.75, 3.05) is 31.5 Å². The van der Waals surface area contributed by atoms with Crippen LogP contribution < -0.4 is 5.32 Å². The summed E-state index contributed by atoms with van der Waals surface area (Å²) >= 11 is 0. The van der Waals surface area contributed by atoms with Crippen LogP contribution >= 0.6 is 0 Å². The Morgan fingerprint density at radius 2 is 1.96 bits per heavy atom. The molecule has 1 amide bonds. The number of benzene rings is 1. The predicted molar refractivity (Wildman–Crippen MR) is 104 cm³/mol. The number of piperazine rings is 1. The smallest absolute Gasteiger partial charge is 0.239 e. The number of aryl methyl sites for hydroxylation is 2. The van der Waals surface area contributed by atoms with Crippen LogP contribution in [0.3, 0.4) is 0 Å².